The summed E-state index contributed by atoms with van der Waals surface area (Å²) in [5.74, 6) is 0.0491. The van der Waals surface area contributed by atoms with E-state index in [0.29, 0.717) is 5.39 Å². The number of benzene rings is 2. The summed E-state index contributed by atoms with van der Waals surface area (Å²) in [6, 6.07) is 9.32. The summed E-state index contributed by atoms with van der Waals surface area (Å²) in [5, 5.41) is 12.0. The van der Waals surface area contributed by atoms with Crippen molar-refractivity contribution in [3.05, 3.63) is 68.6 Å². The van der Waals surface area contributed by atoms with Crippen molar-refractivity contribution in [2.75, 3.05) is 7.05 Å². The van der Waals surface area contributed by atoms with Gasteiger partial charge in [0.05, 0.1) is 9.82 Å². The zero-order valence-corrected chi connectivity index (χ0v) is 15.1. The molecular weight excluding hydrogens is 376 g/mol. The number of ether oxygens (including phenoxy) is 1. The van der Waals surface area contributed by atoms with Gasteiger partial charge < -0.3 is 9.15 Å². The average molecular weight is 390 g/mol. The number of nitro groups is 1. The molecule has 0 aliphatic heterocycles. The Bertz CT molecular complexity index is 1220. The van der Waals surface area contributed by atoms with Crippen molar-refractivity contribution in [2.24, 2.45) is 0 Å². The van der Waals surface area contributed by atoms with Crippen LogP contribution in [0, 0.1) is 17.0 Å². The lowest BCUT2D eigenvalue weighted by Crippen LogP contribution is -2.18. The van der Waals surface area contributed by atoms with Gasteiger partial charge >= 0.3 is 11.3 Å². The largest absolute Gasteiger partial charge is 0.450 e. The van der Waals surface area contributed by atoms with E-state index >= 15 is 0 Å². The van der Waals surface area contributed by atoms with E-state index in [0.717, 1.165) is 11.6 Å². The summed E-state index contributed by atoms with van der Waals surface area (Å²) in [6.07, 6.45) is 0. The Morgan fingerprint density at radius 2 is 1.89 bits per heavy atom. The number of nitrogens with one attached hydrogen (secondary N) is 1. The molecule has 0 aliphatic rings. The van der Waals surface area contributed by atoms with Crippen molar-refractivity contribution in [1.29, 1.82) is 0 Å². The number of sulfonamides is 1. The van der Waals surface area contributed by atoms with Crippen molar-refractivity contribution < 1.29 is 22.5 Å². The SMILES string of the molecule is CNS(=O)(=O)c1ccc(Oc2ccc3c(C)cc(=O)oc3c2)c([N+](=O)[O-])c1. The Kier molecular flexibility index (Phi) is 4.68. The molecule has 0 radical (unpaired) electrons. The lowest BCUT2D eigenvalue weighted by molar-refractivity contribution is -0.385. The predicted molar refractivity (Wildman–Crippen MR) is 96.6 cm³/mol. The third kappa shape index (κ3) is 3.66. The van der Waals surface area contributed by atoms with Crippen molar-refractivity contribution in [3.63, 3.8) is 0 Å². The van der Waals surface area contributed by atoms with Gasteiger partial charge in [-0.2, -0.15) is 0 Å². The summed E-state index contributed by atoms with van der Waals surface area (Å²) < 4.78 is 36.4. The molecule has 0 bridgehead atoms. The Balaban J connectivity index is 2.06. The molecule has 0 saturated heterocycles. The predicted octanol–water partition coefficient (Wildman–Crippen LogP) is 2.71. The van der Waals surface area contributed by atoms with Gasteiger partial charge in [0.1, 0.15) is 11.3 Å². The van der Waals surface area contributed by atoms with Crippen LogP contribution in [0.15, 0.2) is 56.6 Å². The molecular formula is C17H14N2O7S. The highest BCUT2D eigenvalue weighted by Gasteiger charge is 2.22. The molecule has 1 N–H and O–H groups in total. The maximum Gasteiger partial charge on any atom is 0.336 e. The van der Waals surface area contributed by atoms with Crippen LogP contribution in [-0.4, -0.2) is 20.4 Å². The third-order valence-corrected chi connectivity index (χ3v) is 5.27. The van der Waals surface area contributed by atoms with Crippen LogP contribution in [0.4, 0.5) is 5.69 Å². The molecule has 1 aromatic heterocycles. The van der Waals surface area contributed by atoms with E-state index in [9.17, 15) is 23.3 Å². The van der Waals surface area contributed by atoms with Gasteiger partial charge in [0.25, 0.3) is 0 Å². The van der Waals surface area contributed by atoms with E-state index < -0.39 is 26.3 Å². The minimum atomic E-state index is -3.84. The number of rotatable bonds is 5. The molecule has 0 fully saturated rings. The van der Waals surface area contributed by atoms with Crippen molar-refractivity contribution in [3.8, 4) is 11.5 Å². The highest BCUT2D eigenvalue weighted by atomic mass is 32.2. The molecule has 2 aromatic carbocycles. The first-order chi connectivity index (χ1) is 12.7. The minimum absolute atomic E-state index is 0.149. The monoisotopic (exact) mass is 390 g/mol. The van der Waals surface area contributed by atoms with Crippen LogP contribution in [0.1, 0.15) is 5.56 Å². The van der Waals surface area contributed by atoms with E-state index in [1.807, 2.05) is 0 Å². The van der Waals surface area contributed by atoms with E-state index in [1.54, 1.807) is 19.1 Å². The maximum atomic E-state index is 11.8. The van der Waals surface area contributed by atoms with Gasteiger partial charge in [-0.3, -0.25) is 10.1 Å². The van der Waals surface area contributed by atoms with Crippen LogP contribution in [0.5, 0.6) is 11.5 Å². The summed E-state index contributed by atoms with van der Waals surface area (Å²) in [7, 11) is -2.64. The molecule has 0 amide bonds. The first-order valence-corrected chi connectivity index (χ1v) is 9.14. The van der Waals surface area contributed by atoms with E-state index in [4.69, 9.17) is 9.15 Å². The van der Waals surface area contributed by atoms with Gasteiger partial charge in [-0.05, 0) is 43.8 Å². The zero-order valence-electron chi connectivity index (χ0n) is 14.3. The first-order valence-electron chi connectivity index (χ1n) is 7.65. The molecule has 0 saturated carbocycles. The molecule has 3 rings (SSSR count). The third-order valence-electron chi connectivity index (χ3n) is 3.86. The number of nitro benzene ring substituents is 1. The standard InChI is InChI=1S/C17H14N2O7S/c1-10-7-17(20)26-16-8-11(3-5-13(10)16)25-15-6-4-12(27(23,24)18-2)9-14(15)19(21)22/h3-9,18H,1-2H3. The van der Waals surface area contributed by atoms with Gasteiger partial charge in [0.2, 0.25) is 15.8 Å². The lowest BCUT2D eigenvalue weighted by atomic mass is 10.1. The van der Waals surface area contributed by atoms with Crippen LogP contribution in [-0.2, 0) is 10.0 Å². The Labute approximate surface area is 153 Å². The van der Waals surface area contributed by atoms with Crippen LogP contribution in [0.25, 0.3) is 11.0 Å². The average Bonchev–Trinajstić information content (AvgIpc) is 2.61. The quantitative estimate of drug-likeness (QED) is 0.403. The Morgan fingerprint density at radius 1 is 1.15 bits per heavy atom. The molecule has 10 heteroatoms. The Morgan fingerprint density at radius 3 is 2.56 bits per heavy atom. The second-order valence-electron chi connectivity index (χ2n) is 5.60. The molecule has 0 aliphatic carbocycles. The number of aryl methyl sites for hydroxylation is 1. The summed E-state index contributed by atoms with van der Waals surface area (Å²) in [5.41, 5.74) is -0.0446. The second kappa shape index (κ2) is 6.82. The van der Waals surface area contributed by atoms with Gasteiger partial charge in [0, 0.05) is 23.6 Å². The number of hydrogen-bond acceptors (Lipinski definition) is 7. The molecule has 1 heterocycles. The minimum Gasteiger partial charge on any atom is -0.450 e. The summed E-state index contributed by atoms with van der Waals surface area (Å²) in [4.78, 5) is 21.8. The van der Waals surface area contributed by atoms with Crippen LogP contribution in [0.2, 0.25) is 0 Å². The zero-order chi connectivity index (χ0) is 19.8. The fourth-order valence-electron chi connectivity index (χ4n) is 2.51. The van der Waals surface area contributed by atoms with Crippen LogP contribution < -0.4 is 15.1 Å². The molecule has 3 aromatic rings. The number of fused-ring (bicyclic) bond motifs is 1. The van der Waals surface area contributed by atoms with Crippen LogP contribution >= 0.6 is 0 Å². The highest BCUT2D eigenvalue weighted by Crippen LogP contribution is 2.34. The molecule has 0 unspecified atom stereocenters. The van der Waals surface area contributed by atoms with E-state index in [2.05, 4.69) is 4.72 Å². The van der Waals surface area contributed by atoms with Crippen molar-refractivity contribution in [2.45, 2.75) is 11.8 Å². The second-order valence-corrected chi connectivity index (χ2v) is 7.49. The topological polar surface area (TPSA) is 129 Å². The fourth-order valence-corrected chi connectivity index (χ4v) is 3.26. The van der Waals surface area contributed by atoms with Gasteiger partial charge in [0.15, 0.2) is 0 Å². The number of nitrogens with zero attached hydrogens (tertiary/aromatic N) is 1. The highest BCUT2D eigenvalue weighted by molar-refractivity contribution is 7.89. The fraction of sp³-hybridized carbons (Fsp3) is 0.118. The number of hydrogen-bond donors (Lipinski definition) is 1. The van der Waals surface area contributed by atoms with Gasteiger partial charge in [-0.1, -0.05) is 0 Å². The molecule has 27 heavy (non-hydrogen) atoms. The van der Waals surface area contributed by atoms with Crippen LogP contribution in [0.3, 0.4) is 0 Å². The molecule has 0 spiro atoms. The van der Waals surface area contributed by atoms with Crippen molar-refractivity contribution >= 4 is 26.7 Å². The van der Waals surface area contributed by atoms with E-state index in [1.165, 1.54) is 31.3 Å². The maximum absolute atomic E-state index is 11.8. The Hall–Kier alpha value is -3.24. The molecule has 9 nitrogen and oxygen atoms in total. The lowest BCUT2D eigenvalue weighted by Gasteiger charge is -2.09. The van der Waals surface area contributed by atoms with Gasteiger partial charge in [-0.25, -0.2) is 17.9 Å². The summed E-state index contributed by atoms with van der Waals surface area (Å²) >= 11 is 0. The van der Waals surface area contributed by atoms with E-state index in [-0.39, 0.29) is 22.0 Å². The molecule has 0 atom stereocenters. The summed E-state index contributed by atoms with van der Waals surface area (Å²) in [6.45, 7) is 1.76. The molecule has 140 valence electrons. The normalized spacial score (nSPS) is 11.5. The van der Waals surface area contributed by atoms with Gasteiger partial charge in [-0.15, -0.1) is 0 Å². The first kappa shape index (κ1) is 18.5. The smallest absolute Gasteiger partial charge is 0.336 e. The van der Waals surface area contributed by atoms with Crippen molar-refractivity contribution in [1.82, 2.24) is 4.72 Å².